The van der Waals surface area contributed by atoms with E-state index in [1.807, 2.05) is 23.1 Å². The minimum absolute atomic E-state index is 0.0127. The molecule has 0 saturated carbocycles. The highest BCUT2D eigenvalue weighted by atomic mass is 16.2. The van der Waals surface area contributed by atoms with E-state index in [9.17, 15) is 9.59 Å². The van der Waals surface area contributed by atoms with E-state index in [1.165, 1.54) is 18.9 Å². The van der Waals surface area contributed by atoms with Crippen molar-refractivity contribution in [2.45, 2.75) is 32.6 Å². The summed E-state index contributed by atoms with van der Waals surface area (Å²) < 4.78 is 0. The van der Waals surface area contributed by atoms with Gasteiger partial charge in [-0.3, -0.25) is 9.59 Å². The smallest absolute Gasteiger partial charge is 0.258 e. The van der Waals surface area contributed by atoms with Gasteiger partial charge >= 0.3 is 0 Å². The van der Waals surface area contributed by atoms with Gasteiger partial charge in [-0.25, -0.2) is 0 Å². The number of anilines is 2. The van der Waals surface area contributed by atoms with Crippen molar-refractivity contribution in [2.75, 3.05) is 16.8 Å². The first kappa shape index (κ1) is 16.2. The van der Waals surface area contributed by atoms with Gasteiger partial charge in [0.1, 0.15) is 0 Å². The van der Waals surface area contributed by atoms with Crippen LogP contribution in [-0.2, 0) is 11.2 Å². The Morgan fingerprint density at radius 3 is 2.46 bits per heavy atom. The summed E-state index contributed by atoms with van der Waals surface area (Å²) in [6.07, 6.45) is 4.34. The van der Waals surface area contributed by atoms with E-state index >= 15 is 0 Å². The molecule has 2 amide bonds. The average molecular weight is 322 g/mol. The Morgan fingerprint density at radius 1 is 0.958 bits per heavy atom. The summed E-state index contributed by atoms with van der Waals surface area (Å²) in [5.41, 5.74) is 3.60. The van der Waals surface area contributed by atoms with Crippen LogP contribution in [0.5, 0.6) is 0 Å². The fraction of sp³-hybridized carbons (Fsp3) is 0.300. The topological polar surface area (TPSA) is 49.4 Å². The molecule has 2 aromatic rings. The Hall–Kier alpha value is -2.62. The molecular formula is C20H22N2O2. The van der Waals surface area contributed by atoms with E-state index in [-0.39, 0.29) is 11.8 Å². The summed E-state index contributed by atoms with van der Waals surface area (Å²) in [5.74, 6) is -0.106. The van der Waals surface area contributed by atoms with Crippen LogP contribution in [-0.4, -0.2) is 18.4 Å². The lowest BCUT2D eigenvalue weighted by molar-refractivity contribution is -0.114. The largest absolute Gasteiger partial charge is 0.326 e. The van der Waals surface area contributed by atoms with Crippen molar-refractivity contribution < 1.29 is 9.59 Å². The number of nitrogens with zero attached hydrogens (tertiary/aromatic N) is 1. The first-order valence-corrected chi connectivity index (χ1v) is 8.42. The van der Waals surface area contributed by atoms with Crippen LogP contribution in [0.15, 0.2) is 48.5 Å². The molecule has 0 saturated heterocycles. The molecule has 0 unspecified atom stereocenters. The first-order chi connectivity index (χ1) is 11.6. The third kappa shape index (κ3) is 3.65. The van der Waals surface area contributed by atoms with Crippen molar-refractivity contribution in [1.82, 2.24) is 0 Å². The predicted octanol–water partition coefficient (Wildman–Crippen LogP) is 4.02. The molecule has 0 radical (unpaired) electrons. The summed E-state index contributed by atoms with van der Waals surface area (Å²) in [7, 11) is 0. The first-order valence-electron chi connectivity index (χ1n) is 8.42. The number of carbonyl (C=O) groups excluding carboxylic acids is 2. The van der Waals surface area contributed by atoms with Gasteiger partial charge in [0.05, 0.1) is 0 Å². The molecule has 0 aliphatic carbocycles. The van der Waals surface area contributed by atoms with Crippen LogP contribution < -0.4 is 10.2 Å². The summed E-state index contributed by atoms with van der Waals surface area (Å²) in [5, 5.41) is 2.72. The molecule has 0 aromatic heterocycles. The van der Waals surface area contributed by atoms with E-state index < -0.39 is 0 Å². The quantitative estimate of drug-likeness (QED) is 0.908. The van der Waals surface area contributed by atoms with Crippen molar-refractivity contribution in [2.24, 2.45) is 0 Å². The maximum Gasteiger partial charge on any atom is 0.258 e. The maximum absolute atomic E-state index is 13.0. The number of benzene rings is 2. The Balaban J connectivity index is 1.87. The fourth-order valence-corrected chi connectivity index (χ4v) is 3.13. The van der Waals surface area contributed by atoms with Crippen LogP contribution in [0.3, 0.4) is 0 Å². The van der Waals surface area contributed by atoms with E-state index in [0.29, 0.717) is 11.3 Å². The van der Waals surface area contributed by atoms with E-state index in [2.05, 4.69) is 11.4 Å². The Kier molecular flexibility index (Phi) is 4.94. The lowest BCUT2D eigenvalue weighted by atomic mass is 10.0. The Labute approximate surface area is 142 Å². The van der Waals surface area contributed by atoms with Gasteiger partial charge in [-0.05, 0) is 55.2 Å². The molecule has 0 fully saturated rings. The highest BCUT2D eigenvalue weighted by Gasteiger charge is 2.21. The van der Waals surface area contributed by atoms with Gasteiger partial charge in [-0.15, -0.1) is 0 Å². The number of amides is 2. The number of aryl methyl sites for hydroxylation is 1. The zero-order valence-electron chi connectivity index (χ0n) is 13.9. The lowest BCUT2D eigenvalue weighted by Gasteiger charge is -2.27. The molecule has 0 atom stereocenters. The van der Waals surface area contributed by atoms with Crippen molar-refractivity contribution in [3.8, 4) is 0 Å². The Bertz CT molecular complexity index is 738. The average Bonchev–Trinajstić information content (AvgIpc) is 2.55. The zero-order valence-corrected chi connectivity index (χ0v) is 13.9. The van der Waals surface area contributed by atoms with Crippen LogP contribution in [0, 0.1) is 0 Å². The molecule has 24 heavy (non-hydrogen) atoms. The fourth-order valence-electron chi connectivity index (χ4n) is 3.13. The third-order valence-corrected chi connectivity index (χ3v) is 4.31. The van der Waals surface area contributed by atoms with Gasteiger partial charge < -0.3 is 10.2 Å². The summed E-state index contributed by atoms with van der Waals surface area (Å²) >= 11 is 0. The summed E-state index contributed by atoms with van der Waals surface area (Å²) in [4.78, 5) is 26.0. The second-order valence-corrected chi connectivity index (χ2v) is 6.15. The van der Waals surface area contributed by atoms with Gasteiger partial charge in [-0.2, -0.15) is 0 Å². The maximum atomic E-state index is 13.0. The monoisotopic (exact) mass is 322 g/mol. The molecule has 1 N–H and O–H groups in total. The van der Waals surface area contributed by atoms with Crippen LogP contribution in [0.1, 0.15) is 42.1 Å². The van der Waals surface area contributed by atoms with Gasteiger partial charge in [0.15, 0.2) is 0 Å². The highest BCUT2D eigenvalue weighted by molar-refractivity contribution is 6.06. The minimum atomic E-state index is -0.119. The number of nitrogens with one attached hydrogen (secondary N) is 1. The van der Waals surface area contributed by atoms with E-state index in [4.69, 9.17) is 0 Å². The van der Waals surface area contributed by atoms with Crippen LogP contribution >= 0.6 is 0 Å². The normalized spacial score (nSPS) is 14.3. The number of fused-ring (bicyclic) bond motifs is 1. The second-order valence-electron chi connectivity index (χ2n) is 6.15. The van der Waals surface area contributed by atoms with E-state index in [0.717, 1.165) is 31.5 Å². The van der Waals surface area contributed by atoms with Crippen molar-refractivity contribution in [3.05, 3.63) is 59.7 Å². The van der Waals surface area contributed by atoms with Gasteiger partial charge in [-0.1, -0.05) is 24.6 Å². The van der Waals surface area contributed by atoms with Crippen LogP contribution in [0.2, 0.25) is 0 Å². The zero-order chi connectivity index (χ0) is 16.9. The minimum Gasteiger partial charge on any atom is -0.326 e. The van der Waals surface area contributed by atoms with E-state index in [1.54, 1.807) is 24.3 Å². The Morgan fingerprint density at radius 2 is 1.71 bits per heavy atom. The molecule has 1 heterocycles. The molecule has 1 aliphatic heterocycles. The molecular weight excluding hydrogens is 300 g/mol. The molecule has 0 bridgehead atoms. The van der Waals surface area contributed by atoms with Crippen LogP contribution in [0.4, 0.5) is 11.4 Å². The molecule has 2 aromatic carbocycles. The standard InChI is InChI=1S/C20H22N2O2/c1-15(23)21-18-12-10-17(11-13-18)20(24)22-14-6-2-3-7-16-8-4-5-9-19(16)22/h4-5,8-13H,2-3,6-7,14H2,1H3,(H,21,23). The molecule has 0 spiro atoms. The summed E-state index contributed by atoms with van der Waals surface area (Å²) in [6.45, 7) is 2.21. The van der Waals surface area contributed by atoms with Gasteiger partial charge in [0.2, 0.25) is 5.91 Å². The molecule has 4 nitrogen and oxygen atoms in total. The molecule has 124 valence electrons. The molecule has 3 rings (SSSR count). The molecule has 1 aliphatic rings. The molecule has 4 heteroatoms. The SMILES string of the molecule is CC(=O)Nc1ccc(C(=O)N2CCCCCc3ccccc32)cc1. The van der Waals surface area contributed by atoms with Gasteiger partial charge in [0, 0.05) is 30.4 Å². The number of hydrogen-bond donors (Lipinski definition) is 1. The number of para-hydroxylation sites is 1. The lowest BCUT2D eigenvalue weighted by Crippen LogP contribution is -2.33. The highest BCUT2D eigenvalue weighted by Crippen LogP contribution is 2.27. The van der Waals surface area contributed by atoms with Crippen LogP contribution in [0.25, 0.3) is 0 Å². The summed E-state index contributed by atoms with van der Waals surface area (Å²) in [6, 6.07) is 15.2. The van der Waals surface area contributed by atoms with Crippen molar-refractivity contribution >= 4 is 23.2 Å². The van der Waals surface area contributed by atoms with Crippen molar-refractivity contribution in [3.63, 3.8) is 0 Å². The predicted molar refractivity (Wildman–Crippen MR) is 96.4 cm³/mol. The van der Waals surface area contributed by atoms with Gasteiger partial charge in [0.25, 0.3) is 5.91 Å². The van der Waals surface area contributed by atoms with Crippen molar-refractivity contribution in [1.29, 1.82) is 0 Å². The third-order valence-electron chi connectivity index (χ3n) is 4.31. The second kappa shape index (κ2) is 7.30. The number of carbonyl (C=O) groups is 2. The number of hydrogen-bond acceptors (Lipinski definition) is 2. The number of rotatable bonds is 2.